The van der Waals surface area contributed by atoms with Crippen LogP contribution in [0.15, 0.2) is 42.6 Å². The quantitative estimate of drug-likeness (QED) is 0.536. The van der Waals surface area contributed by atoms with Crippen LogP contribution in [0.5, 0.6) is 0 Å². The summed E-state index contributed by atoms with van der Waals surface area (Å²) in [5.74, 6) is -0.589. The molecule has 0 amide bonds. The van der Waals surface area contributed by atoms with Crippen LogP contribution in [-0.2, 0) is 6.18 Å². The van der Waals surface area contributed by atoms with E-state index in [1.165, 1.54) is 4.52 Å². The number of aromatic nitrogens is 5. The molecule has 0 spiro atoms. The smallest absolute Gasteiger partial charge is 0.237 e. The van der Waals surface area contributed by atoms with Crippen molar-refractivity contribution in [3.05, 3.63) is 54.1 Å². The number of benzene rings is 1. The van der Waals surface area contributed by atoms with Gasteiger partial charge in [-0.15, -0.1) is 5.10 Å². The van der Waals surface area contributed by atoms with E-state index in [-0.39, 0.29) is 4.96 Å². The van der Waals surface area contributed by atoms with Crippen LogP contribution < -0.4 is 0 Å². The normalized spacial score (nSPS) is 12.0. The number of thiazole rings is 1. The molecule has 0 saturated carbocycles. The molecule has 0 bridgehead atoms. The first-order valence-electron chi connectivity index (χ1n) is 7.25. The summed E-state index contributed by atoms with van der Waals surface area (Å²) in [5.41, 5.74) is 2.04. The molecule has 0 fully saturated rings. The molecule has 0 saturated heterocycles. The van der Waals surface area contributed by atoms with Crippen LogP contribution >= 0.6 is 11.3 Å². The minimum atomic E-state index is -4.56. The number of halogens is 3. The lowest BCUT2D eigenvalue weighted by atomic mass is 10.2. The summed E-state index contributed by atoms with van der Waals surface area (Å²) in [5, 5.41) is 3.56. The molecule has 0 atom stereocenters. The maximum absolute atomic E-state index is 12.7. The van der Waals surface area contributed by atoms with Crippen LogP contribution in [0, 0.1) is 6.92 Å². The highest BCUT2D eigenvalue weighted by atomic mass is 32.1. The van der Waals surface area contributed by atoms with Gasteiger partial charge >= 0.3 is 6.18 Å². The molecule has 4 rings (SSSR count). The fourth-order valence-electron chi connectivity index (χ4n) is 2.41. The Balaban J connectivity index is 1.80. The lowest BCUT2D eigenvalue weighted by molar-refractivity contribution is -0.144. The van der Waals surface area contributed by atoms with Gasteiger partial charge in [0, 0.05) is 11.8 Å². The number of hydrogen-bond acceptors (Lipinski definition) is 5. The zero-order chi connectivity index (χ0) is 17.6. The van der Waals surface area contributed by atoms with Crippen molar-refractivity contribution in [3.8, 4) is 22.0 Å². The summed E-state index contributed by atoms with van der Waals surface area (Å²) in [4.78, 5) is 13.3. The van der Waals surface area contributed by atoms with Gasteiger partial charge in [0.2, 0.25) is 4.96 Å². The average molecular weight is 361 g/mol. The number of alkyl halides is 3. The second-order valence-electron chi connectivity index (χ2n) is 5.28. The highest BCUT2D eigenvalue weighted by molar-refractivity contribution is 7.20. The molecule has 9 heteroatoms. The molecule has 0 aliphatic carbocycles. The van der Waals surface area contributed by atoms with E-state index in [0.29, 0.717) is 22.1 Å². The van der Waals surface area contributed by atoms with E-state index in [9.17, 15) is 13.2 Å². The van der Waals surface area contributed by atoms with Gasteiger partial charge in [-0.3, -0.25) is 0 Å². The van der Waals surface area contributed by atoms with Gasteiger partial charge < -0.3 is 0 Å². The zero-order valence-corrected chi connectivity index (χ0v) is 13.6. The molecule has 0 radical (unpaired) electrons. The maximum Gasteiger partial charge on any atom is 0.453 e. The van der Waals surface area contributed by atoms with Crippen molar-refractivity contribution in [2.45, 2.75) is 13.1 Å². The van der Waals surface area contributed by atoms with Gasteiger partial charge in [0.15, 0.2) is 5.82 Å². The maximum atomic E-state index is 12.7. The molecule has 1 aromatic carbocycles. The van der Waals surface area contributed by atoms with Crippen LogP contribution in [0.4, 0.5) is 13.2 Å². The van der Waals surface area contributed by atoms with Gasteiger partial charge in [-0.1, -0.05) is 41.7 Å². The monoisotopic (exact) mass is 361 g/mol. The second-order valence-corrected chi connectivity index (χ2v) is 6.25. The molecule has 3 heterocycles. The van der Waals surface area contributed by atoms with Gasteiger partial charge in [-0.25, -0.2) is 14.5 Å². The van der Waals surface area contributed by atoms with Crippen molar-refractivity contribution in [2.24, 2.45) is 0 Å². The van der Waals surface area contributed by atoms with Crippen LogP contribution in [0.25, 0.3) is 26.9 Å². The van der Waals surface area contributed by atoms with E-state index in [4.69, 9.17) is 0 Å². The minimum Gasteiger partial charge on any atom is -0.237 e. The molecule has 3 aromatic heterocycles. The Kier molecular flexibility index (Phi) is 3.53. The summed E-state index contributed by atoms with van der Waals surface area (Å²) in [6, 6.07) is 11.2. The van der Waals surface area contributed by atoms with Crippen LogP contribution in [-0.4, -0.2) is 24.6 Å². The largest absolute Gasteiger partial charge is 0.453 e. The van der Waals surface area contributed by atoms with Gasteiger partial charge in [-0.2, -0.15) is 18.2 Å². The Labute approximate surface area is 143 Å². The van der Waals surface area contributed by atoms with E-state index < -0.39 is 12.0 Å². The molecule has 0 N–H and O–H groups in total. The number of nitrogens with zero attached hydrogens (tertiary/aromatic N) is 5. The molecule has 0 unspecified atom stereocenters. The van der Waals surface area contributed by atoms with E-state index in [0.717, 1.165) is 16.9 Å². The third kappa shape index (κ3) is 2.76. The van der Waals surface area contributed by atoms with E-state index in [1.54, 1.807) is 19.2 Å². The first-order chi connectivity index (χ1) is 11.9. The van der Waals surface area contributed by atoms with Crippen LogP contribution in [0.2, 0.25) is 0 Å². The van der Waals surface area contributed by atoms with E-state index >= 15 is 0 Å². The third-order valence-corrected chi connectivity index (χ3v) is 4.75. The van der Waals surface area contributed by atoms with E-state index in [2.05, 4.69) is 20.1 Å². The molecule has 0 aliphatic rings. The fourth-order valence-corrected chi connectivity index (χ4v) is 3.44. The van der Waals surface area contributed by atoms with Gasteiger partial charge in [-0.05, 0) is 13.0 Å². The SMILES string of the molecule is Cc1c(-c2ccnc(-c3ccccc3)n2)sc2nc(C(F)(F)F)nn12. The number of rotatable bonds is 2. The van der Waals surface area contributed by atoms with Crippen molar-refractivity contribution in [3.63, 3.8) is 0 Å². The highest BCUT2D eigenvalue weighted by Crippen LogP contribution is 2.34. The second kappa shape index (κ2) is 5.62. The minimum absolute atomic E-state index is 0.180. The van der Waals surface area contributed by atoms with Gasteiger partial charge in [0.1, 0.15) is 0 Å². The van der Waals surface area contributed by atoms with Crippen molar-refractivity contribution in [1.82, 2.24) is 24.6 Å². The molecular formula is C16H10F3N5S. The topological polar surface area (TPSA) is 56.0 Å². The van der Waals surface area contributed by atoms with Crippen molar-refractivity contribution < 1.29 is 13.2 Å². The average Bonchev–Trinajstić information content (AvgIpc) is 3.16. The third-order valence-electron chi connectivity index (χ3n) is 3.59. The molecule has 126 valence electrons. The van der Waals surface area contributed by atoms with Gasteiger partial charge in [0.05, 0.1) is 16.3 Å². The standard InChI is InChI=1S/C16H10F3N5S/c1-9-12(25-15-22-14(16(17,18)19)23-24(9)15)11-7-8-20-13(21-11)10-5-3-2-4-6-10/h2-8H,1H3. The van der Waals surface area contributed by atoms with Crippen LogP contribution in [0.1, 0.15) is 11.5 Å². The van der Waals surface area contributed by atoms with Crippen molar-refractivity contribution in [2.75, 3.05) is 0 Å². The number of aryl methyl sites for hydroxylation is 1. The Morgan fingerprint density at radius 2 is 1.80 bits per heavy atom. The first kappa shape index (κ1) is 15.7. The predicted molar refractivity (Wildman–Crippen MR) is 87.1 cm³/mol. The highest BCUT2D eigenvalue weighted by Gasteiger charge is 2.37. The molecule has 0 aliphatic heterocycles. The lowest BCUT2D eigenvalue weighted by Crippen LogP contribution is -2.08. The van der Waals surface area contributed by atoms with Gasteiger partial charge in [0.25, 0.3) is 5.82 Å². The Bertz CT molecular complexity index is 1050. The van der Waals surface area contributed by atoms with E-state index in [1.807, 2.05) is 30.3 Å². The Morgan fingerprint density at radius 1 is 1.04 bits per heavy atom. The fraction of sp³-hybridized carbons (Fsp3) is 0.125. The van der Waals surface area contributed by atoms with Crippen molar-refractivity contribution >= 4 is 16.3 Å². The zero-order valence-electron chi connectivity index (χ0n) is 12.8. The predicted octanol–water partition coefficient (Wildman–Crippen LogP) is 4.24. The summed E-state index contributed by atoms with van der Waals surface area (Å²) in [6.45, 7) is 1.69. The van der Waals surface area contributed by atoms with Crippen molar-refractivity contribution in [1.29, 1.82) is 0 Å². The molecule has 25 heavy (non-hydrogen) atoms. The summed E-state index contributed by atoms with van der Waals surface area (Å²) < 4.78 is 39.4. The Morgan fingerprint density at radius 3 is 2.48 bits per heavy atom. The number of hydrogen-bond donors (Lipinski definition) is 0. The first-order valence-corrected chi connectivity index (χ1v) is 8.07. The molecule has 4 aromatic rings. The summed E-state index contributed by atoms with van der Waals surface area (Å²) in [6.07, 6.45) is -2.94. The van der Waals surface area contributed by atoms with Crippen LogP contribution in [0.3, 0.4) is 0 Å². The molecular weight excluding hydrogens is 351 g/mol. The Hall–Kier alpha value is -2.81. The summed E-state index contributed by atoms with van der Waals surface area (Å²) >= 11 is 1.12. The summed E-state index contributed by atoms with van der Waals surface area (Å²) in [7, 11) is 0. The lowest BCUT2D eigenvalue weighted by Gasteiger charge is -2.03. The molecule has 5 nitrogen and oxygen atoms in total. The number of fused-ring (bicyclic) bond motifs is 1.